The molecule has 172 valence electrons. The fourth-order valence-electron chi connectivity index (χ4n) is 3.79. The van der Waals surface area contributed by atoms with Crippen LogP contribution in [0.5, 0.6) is 0 Å². The Kier molecular flexibility index (Phi) is 6.12. The average molecular weight is 462 g/mol. The summed E-state index contributed by atoms with van der Waals surface area (Å²) in [6.45, 7) is 5.54. The number of rotatable bonds is 6. The Bertz CT molecular complexity index is 1080. The highest BCUT2D eigenvalue weighted by molar-refractivity contribution is 7.89. The SMILES string of the molecule is CC(C)(C)OOC1(C(=O)OCc2ccccc2)c2ccccc2S(=O)(=O)N1C1CCCO1. The zero-order chi connectivity index (χ0) is 23.0. The van der Waals surface area contributed by atoms with Crippen molar-refractivity contribution in [2.75, 3.05) is 6.61 Å². The first-order valence-corrected chi connectivity index (χ1v) is 11.9. The Morgan fingerprint density at radius 1 is 1.12 bits per heavy atom. The molecule has 9 heteroatoms. The van der Waals surface area contributed by atoms with Crippen LogP contribution in [0.15, 0.2) is 59.5 Å². The van der Waals surface area contributed by atoms with Crippen LogP contribution in [0, 0.1) is 0 Å². The van der Waals surface area contributed by atoms with Gasteiger partial charge >= 0.3 is 5.97 Å². The first kappa shape index (κ1) is 22.9. The van der Waals surface area contributed by atoms with E-state index in [9.17, 15) is 13.2 Å². The fraction of sp³-hybridized carbons (Fsp3) is 0.435. The summed E-state index contributed by atoms with van der Waals surface area (Å²) < 4.78 is 39.5. The Balaban J connectivity index is 1.82. The van der Waals surface area contributed by atoms with Gasteiger partial charge in [-0.05, 0) is 45.2 Å². The van der Waals surface area contributed by atoms with Gasteiger partial charge in [0.05, 0.1) is 10.5 Å². The standard InChI is InChI=1S/C23H27NO7S/c1-22(2,3)30-31-23(21(25)29-16-17-10-5-4-6-11-17)18-12-7-8-13-19(18)32(26,27)24(23)20-14-9-15-28-20/h4-8,10-13,20H,9,14-16H2,1-3H3. The molecule has 0 aromatic heterocycles. The Morgan fingerprint density at radius 3 is 2.47 bits per heavy atom. The number of carbonyl (C=O) groups is 1. The van der Waals surface area contributed by atoms with Crippen LogP contribution in [-0.2, 0) is 46.4 Å². The molecule has 0 N–H and O–H groups in total. The van der Waals surface area contributed by atoms with Gasteiger partial charge in [-0.25, -0.2) is 18.1 Å². The van der Waals surface area contributed by atoms with Crippen molar-refractivity contribution in [2.45, 2.75) is 62.7 Å². The molecule has 0 saturated carbocycles. The van der Waals surface area contributed by atoms with Crippen molar-refractivity contribution in [3.05, 3.63) is 65.7 Å². The number of nitrogens with zero attached hydrogens (tertiary/aromatic N) is 1. The van der Waals surface area contributed by atoms with Crippen LogP contribution in [-0.4, -0.2) is 37.1 Å². The average Bonchev–Trinajstić information content (AvgIpc) is 3.34. The zero-order valence-electron chi connectivity index (χ0n) is 18.3. The molecule has 1 fully saturated rings. The molecule has 2 unspecified atom stereocenters. The lowest BCUT2D eigenvalue weighted by Gasteiger charge is -2.37. The molecular weight excluding hydrogens is 434 g/mol. The molecule has 32 heavy (non-hydrogen) atoms. The molecule has 0 radical (unpaired) electrons. The van der Waals surface area contributed by atoms with Crippen LogP contribution in [0.1, 0.15) is 44.7 Å². The Hall–Kier alpha value is -2.30. The summed E-state index contributed by atoms with van der Waals surface area (Å²) in [5, 5.41) is 0. The number of sulfonamides is 1. The molecule has 2 heterocycles. The van der Waals surface area contributed by atoms with E-state index < -0.39 is 33.5 Å². The van der Waals surface area contributed by atoms with Gasteiger partial charge in [0.25, 0.3) is 5.72 Å². The normalized spacial score (nSPS) is 24.9. The van der Waals surface area contributed by atoms with Crippen LogP contribution < -0.4 is 0 Å². The quantitative estimate of drug-likeness (QED) is 0.370. The van der Waals surface area contributed by atoms with E-state index in [4.69, 9.17) is 19.2 Å². The Labute approximate surface area is 188 Å². The topological polar surface area (TPSA) is 91.4 Å². The first-order chi connectivity index (χ1) is 15.2. The summed E-state index contributed by atoms with van der Waals surface area (Å²) in [7, 11) is -4.13. The lowest BCUT2D eigenvalue weighted by atomic mass is 10.0. The number of fused-ring (bicyclic) bond motifs is 1. The van der Waals surface area contributed by atoms with E-state index in [1.807, 2.05) is 30.3 Å². The fourth-order valence-corrected chi connectivity index (χ4v) is 5.75. The van der Waals surface area contributed by atoms with Gasteiger partial charge in [-0.1, -0.05) is 48.5 Å². The second kappa shape index (κ2) is 8.57. The van der Waals surface area contributed by atoms with Crippen LogP contribution in [0.2, 0.25) is 0 Å². The third-order valence-electron chi connectivity index (χ3n) is 5.17. The summed E-state index contributed by atoms with van der Waals surface area (Å²) in [6, 6.07) is 15.3. The zero-order valence-corrected chi connectivity index (χ0v) is 19.1. The number of esters is 1. The highest BCUT2D eigenvalue weighted by atomic mass is 32.2. The predicted octanol–water partition coefficient (Wildman–Crippen LogP) is 3.47. The monoisotopic (exact) mass is 461 g/mol. The van der Waals surface area contributed by atoms with Crippen molar-refractivity contribution >= 4 is 16.0 Å². The lowest BCUT2D eigenvalue weighted by Crippen LogP contribution is -2.57. The summed E-state index contributed by atoms with van der Waals surface area (Å²) in [5.41, 5.74) is -2.11. The number of ether oxygens (including phenoxy) is 2. The molecule has 4 rings (SSSR count). The van der Waals surface area contributed by atoms with Gasteiger partial charge in [-0.15, -0.1) is 4.31 Å². The minimum Gasteiger partial charge on any atom is -0.457 e. The van der Waals surface area contributed by atoms with Gasteiger partial charge in [0.15, 0.2) is 0 Å². The van der Waals surface area contributed by atoms with Crippen molar-refractivity contribution < 1.29 is 32.5 Å². The maximum absolute atomic E-state index is 13.7. The molecule has 0 aliphatic carbocycles. The summed E-state index contributed by atoms with van der Waals surface area (Å²) in [6.07, 6.45) is 0.183. The number of benzene rings is 2. The highest BCUT2D eigenvalue weighted by Crippen LogP contribution is 2.49. The smallest absolute Gasteiger partial charge is 0.363 e. The van der Waals surface area contributed by atoms with E-state index in [1.54, 1.807) is 32.9 Å². The molecule has 0 spiro atoms. The maximum Gasteiger partial charge on any atom is 0.363 e. The van der Waals surface area contributed by atoms with Gasteiger partial charge in [0, 0.05) is 12.2 Å². The Morgan fingerprint density at radius 2 is 1.81 bits per heavy atom. The minimum atomic E-state index is -4.13. The largest absolute Gasteiger partial charge is 0.457 e. The third-order valence-corrected chi connectivity index (χ3v) is 7.09. The van der Waals surface area contributed by atoms with Gasteiger partial charge in [0.1, 0.15) is 12.8 Å². The van der Waals surface area contributed by atoms with Crippen molar-refractivity contribution in [3.8, 4) is 0 Å². The molecule has 2 aromatic rings. The molecule has 0 bridgehead atoms. The molecule has 2 aromatic carbocycles. The number of hydrogen-bond donors (Lipinski definition) is 0. The minimum absolute atomic E-state index is 0.0373. The first-order valence-electron chi connectivity index (χ1n) is 10.5. The predicted molar refractivity (Wildman–Crippen MR) is 114 cm³/mol. The van der Waals surface area contributed by atoms with E-state index in [0.29, 0.717) is 19.4 Å². The molecular formula is C23H27NO7S. The maximum atomic E-state index is 13.7. The van der Waals surface area contributed by atoms with E-state index in [-0.39, 0.29) is 17.1 Å². The number of hydrogen-bond acceptors (Lipinski definition) is 7. The van der Waals surface area contributed by atoms with E-state index in [2.05, 4.69) is 0 Å². The van der Waals surface area contributed by atoms with E-state index in [1.165, 1.54) is 12.1 Å². The van der Waals surface area contributed by atoms with Crippen LogP contribution >= 0.6 is 0 Å². The van der Waals surface area contributed by atoms with Crippen molar-refractivity contribution in [3.63, 3.8) is 0 Å². The summed E-state index contributed by atoms with van der Waals surface area (Å²) in [4.78, 5) is 25.0. The number of carbonyl (C=O) groups excluding carboxylic acids is 1. The molecule has 2 aliphatic rings. The van der Waals surface area contributed by atoms with Gasteiger partial charge in [0.2, 0.25) is 10.0 Å². The molecule has 2 atom stereocenters. The molecule has 2 aliphatic heterocycles. The van der Waals surface area contributed by atoms with Gasteiger partial charge in [-0.2, -0.15) is 4.89 Å². The van der Waals surface area contributed by atoms with Crippen molar-refractivity contribution in [1.82, 2.24) is 4.31 Å². The third kappa shape index (κ3) is 4.06. The second-order valence-electron chi connectivity index (χ2n) is 8.75. The van der Waals surface area contributed by atoms with Gasteiger partial charge < -0.3 is 9.47 Å². The van der Waals surface area contributed by atoms with Crippen LogP contribution in [0.3, 0.4) is 0 Å². The lowest BCUT2D eigenvalue weighted by molar-refractivity contribution is -0.425. The van der Waals surface area contributed by atoms with Crippen LogP contribution in [0.25, 0.3) is 0 Å². The van der Waals surface area contributed by atoms with E-state index >= 15 is 0 Å². The molecule has 8 nitrogen and oxygen atoms in total. The van der Waals surface area contributed by atoms with Crippen molar-refractivity contribution in [1.29, 1.82) is 0 Å². The van der Waals surface area contributed by atoms with E-state index in [0.717, 1.165) is 9.87 Å². The summed E-state index contributed by atoms with van der Waals surface area (Å²) in [5.74, 6) is -0.894. The summed E-state index contributed by atoms with van der Waals surface area (Å²) >= 11 is 0. The molecule has 1 saturated heterocycles. The van der Waals surface area contributed by atoms with Crippen molar-refractivity contribution in [2.24, 2.45) is 0 Å². The molecule has 0 amide bonds. The second-order valence-corrected chi connectivity index (χ2v) is 10.5. The van der Waals surface area contributed by atoms with Gasteiger partial charge in [-0.3, -0.25) is 0 Å². The highest BCUT2D eigenvalue weighted by Gasteiger charge is 2.65. The van der Waals surface area contributed by atoms with Crippen LogP contribution in [0.4, 0.5) is 0 Å².